The molecular formula is C19H17F2N3O3. The molecule has 1 amide bonds. The highest BCUT2D eigenvalue weighted by Gasteiger charge is 2.17. The summed E-state index contributed by atoms with van der Waals surface area (Å²) < 4.78 is 39.3. The summed E-state index contributed by atoms with van der Waals surface area (Å²) in [6.45, 7) is 0.272. The van der Waals surface area contributed by atoms with E-state index in [1.807, 2.05) is 6.07 Å². The molecule has 0 spiro atoms. The van der Waals surface area contributed by atoms with Crippen LogP contribution in [0.4, 0.5) is 14.6 Å². The van der Waals surface area contributed by atoms with Crippen LogP contribution in [0.3, 0.4) is 0 Å². The number of halogens is 2. The molecule has 0 bridgehead atoms. The Labute approximate surface area is 154 Å². The highest BCUT2D eigenvalue weighted by atomic mass is 19.2. The van der Waals surface area contributed by atoms with E-state index in [1.54, 1.807) is 18.2 Å². The van der Waals surface area contributed by atoms with Crippen molar-refractivity contribution in [2.24, 2.45) is 0 Å². The normalized spacial score (nSPS) is 10.5. The summed E-state index contributed by atoms with van der Waals surface area (Å²) in [4.78, 5) is 12.3. The third-order valence-corrected chi connectivity index (χ3v) is 3.96. The van der Waals surface area contributed by atoms with Crippen LogP contribution in [0.15, 0.2) is 48.7 Å². The molecule has 3 aromatic rings. The number of methoxy groups -OCH3 is 2. The maximum atomic E-state index is 13.8. The smallest absolute Gasteiger partial charge is 0.259 e. The van der Waals surface area contributed by atoms with Crippen molar-refractivity contribution in [3.63, 3.8) is 0 Å². The van der Waals surface area contributed by atoms with Gasteiger partial charge in [-0.3, -0.25) is 4.79 Å². The number of benzene rings is 2. The summed E-state index contributed by atoms with van der Waals surface area (Å²) in [7, 11) is 3.06. The third-order valence-electron chi connectivity index (χ3n) is 3.96. The zero-order chi connectivity index (χ0) is 19.4. The molecule has 0 saturated carbocycles. The number of amides is 1. The van der Waals surface area contributed by atoms with Gasteiger partial charge in [0.1, 0.15) is 5.82 Å². The Kier molecular flexibility index (Phi) is 5.35. The van der Waals surface area contributed by atoms with Gasteiger partial charge in [-0.25, -0.2) is 13.5 Å². The van der Waals surface area contributed by atoms with E-state index in [4.69, 9.17) is 9.47 Å². The summed E-state index contributed by atoms with van der Waals surface area (Å²) in [5, 5.41) is 6.71. The number of para-hydroxylation sites is 1. The van der Waals surface area contributed by atoms with E-state index in [1.165, 1.54) is 37.2 Å². The predicted molar refractivity (Wildman–Crippen MR) is 95.2 cm³/mol. The van der Waals surface area contributed by atoms with Gasteiger partial charge in [-0.05, 0) is 18.2 Å². The molecule has 0 radical (unpaired) electrons. The Balaban J connectivity index is 1.85. The van der Waals surface area contributed by atoms with Crippen LogP contribution in [0.2, 0.25) is 0 Å². The zero-order valence-corrected chi connectivity index (χ0v) is 14.7. The number of carbonyl (C=O) groups is 1. The lowest BCUT2D eigenvalue weighted by Crippen LogP contribution is -2.18. The van der Waals surface area contributed by atoms with E-state index in [0.29, 0.717) is 17.3 Å². The van der Waals surface area contributed by atoms with E-state index in [0.717, 1.165) is 11.6 Å². The molecule has 1 heterocycles. The van der Waals surface area contributed by atoms with Gasteiger partial charge in [0.05, 0.1) is 32.5 Å². The molecule has 27 heavy (non-hydrogen) atoms. The SMILES string of the molecule is COc1cccc(Cn2nccc2NC(=O)c2cccc(F)c2F)c1OC. The third kappa shape index (κ3) is 3.74. The quantitative estimate of drug-likeness (QED) is 0.719. The van der Waals surface area contributed by atoms with Crippen LogP contribution in [-0.4, -0.2) is 29.9 Å². The van der Waals surface area contributed by atoms with Crippen molar-refractivity contribution in [2.75, 3.05) is 19.5 Å². The fourth-order valence-corrected chi connectivity index (χ4v) is 2.67. The molecule has 0 saturated heterocycles. The summed E-state index contributed by atoms with van der Waals surface area (Å²) in [6.07, 6.45) is 1.49. The second-order valence-corrected chi connectivity index (χ2v) is 5.58. The van der Waals surface area contributed by atoms with Crippen LogP contribution in [0.5, 0.6) is 11.5 Å². The van der Waals surface area contributed by atoms with Gasteiger partial charge in [-0.15, -0.1) is 0 Å². The molecule has 2 aromatic carbocycles. The average Bonchev–Trinajstić information content (AvgIpc) is 3.10. The predicted octanol–water partition coefficient (Wildman–Crippen LogP) is 3.48. The van der Waals surface area contributed by atoms with Crippen LogP contribution in [0.1, 0.15) is 15.9 Å². The molecule has 0 fully saturated rings. The van der Waals surface area contributed by atoms with Gasteiger partial charge in [-0.1, -0.05) is 18.2 Å². The fourth-order valence-electron chi connectivity index (χ4n) is 2.67. The van der Waals surface area contributed by atoms with E-state index < -0.39 is 17.5 Å². The van der Waals surface area contributed by atoms with E-state index in [-0.39, 0.29) is 12.1 Å². The van der Waals surface area contributed by atoms with Crippen molar-refractivity contribution in [1.82, 2.24) is 9.78 Å². The summed E-state index contributed by atoms with van der Waals surface area (Å²) in [5.41, 5.74) is 0.384. The van der Waals surface area contributed by atoms with Crippen LogP contribution in [0.25, 0.3) is 0 Å². The van der Waals surface area contributed by atoms with Gasteiger partial charge in [0, 0.05) is 11.6 Å². The first-order valence-corrected chi connectivity index (χ1v) is 8.02. The van der Waals surface area contributed by atoms with Crippen LogP contribution in [0, 0.1) is 11.6 Å². The van der Waals surface area contributed by atoms with Crippen LogP contribution >= 0.6 is 0 Å². The van der Waals surface area contributed by atoms with Crippen molar-refractivity contribution in [3.8, 4) is 11.5 Å². The molecular weight excluding hydrogens is 356 g/mol. The van der Waals surface area contributed by atoms with Gasteiger partial charge in [0.15, 0.2) is 23.1 Å². The number of hydrogen-bond donors (Lipinski definition) is 1. The molecule has 1 aromatic heterocycles. The molecule has 1 N–H and O–H groups in total. The summed E-state index contributed by atoms with van der Waals surface area (Å²) in [6, 6.07) is 10.4. The molecule has 3 rings (SSSR count). The first kappa shape index (κ1) is 18.4. The van der Waals surface area contributed by atoms with Gasteiger partial charge in [0.2, 0.25) is 0 Å². The van der Waals surface area contributed by atoms with Crippen LogP contribution in [-0.2, 0) is 6.54 Å². The second kappa shape index (κ2) is 7.86. The number of ether oxygens (including phenoxy) is 2. The highest BCUT2D eigenvalue weighted by molar-refractivity contribution is 6.04. The minimum Gasteiger partial charge on any atom is -0.493 e. The Morgan fingerprint density at radius 3 is 2.63 bits per heavy atom. The Bertz CT molecular complexity index is 973. The summed E-state index contributed by atoms with van der Waals surface area (Å²) >= 11 is 0. The van der Waals surface area contributed by atoms with Crippen molar-refractivity contribution < 1.29 is 23.0 Å². The van der Waals surface area contributed by atoms with Gasteiger partial charge in [-0.2, -0.15) is 5.10 Å². The van der Waals surface area contributed by atoms with E-state index in [9.17, 15) is 13.6 Å². The van der Waals surface area contributed by atoms with Gasteiger partial charge >= 0.3 is 0 Å². The standard InChI is InChI=1S/C19H17F2N3O3/c1-26-15-8-3-5-12(18(15)27-2)11-24-16(9-10-22-24)23-19(25)13-6-4-7-14(20)17(13)21/h3-10H,11H2,1-2H3,(H,23,25). The summed E-state index contributed by atoms with van der Waals surface area (Å²) in [5.74, 6) is -1.62. The van der Waals surface area contributed by atoms with Crippen molar-refractivity contribution >= 4 is 11.7 Å². The zero-order valence-electron chi connectivity index (χ0n) is 14.7. The molecule has 140 valence electrons. The van der Waals surface area contributed by atoms with E-state index >= 15 is 0 Å². The first-order chi connectivity index (χ1) is 13.0. The minimum absolute atomic E-state index is 0.272. The second-order valence-electron chi connectivity index (χ2n) is 5.58. The van der Waals surface area contributed by atoms with Crippen LogP contribution < -0.4 is 14.8 Å². The number of carbonyl (C=O) groups excluding carboxylic acids is 1. The molecule has 0 aliphatic rings. The number of nitrogens with one attached hydrogen (secondary N) is 1. The lowest BCUT2D eigenvalue weighted by atomic mass is 10.2. The van der Waals surface area contributed by atoms with Crippen molar-refractivity contribution in [1.29, 1.82) is 0 Å². The monoisotopic (exact) mass is 373 g/mol. The molecule has 8 heteroatoms. The van der Waals surface area contributed by atoms with Crippen molar-refractivity contribution in [3.05, 3.63) is 71.4 Å². The fraction of sp³-hybridized carbons (Fsp3) is 0.158. The Morgan fingerprint density at radius 2 is 1.89 bits per heavy atom. The largest absolute Gasteiger partial charge is 0.493 e. The van der Waals surface area contributed by atoms with Gasteiger partial charge < -0.3 is 14.8 Å². The minimum atomic E-state index is -1.20. The van der Waals surface area contributed by atoms with E-state index in [2.05, 4.69) is 10.4 Å². The Morgan fingerprint density at radius 1 is 1.11 bits per heavy atom. The van der Waals surface area contributed by atoms with Gasteiger partial charge in [0.25, 0.3) is 5.91 Å². The topological polar surface area (TPSA) is 65.4 Å². The first-order valence-electron chi connectivity index (χ1n) is 8.02. The number of nitrogens with zero attached hydrogens (tertiary/aromatic N) is 2. The molecule has 0 aliphatic heterocycles. The molecule has 0 atom stereocenters. The number of aromatic nitrogens is 2. The maximum Gasteiger partial charge on any atom is 0.259 e. The lowest BCUT2D eigenvalue weighted by molar-refractivity contribution is 0.102. The molecule has 6 nitrogen and oxygen atoms in total. The van der Waals surface area contributed by atoms with Crippen molar-refractivity contribution in [2.45, 2.75) is 6.54 Å². The number of rotatable bonds is 6. The average molecular weight is 373 g/mol. The Hall–Kier alpha value is -3.42. The number of anilines is 1. The maximum absolute atomic E-state index is 13.8. The number of hydrogen-bond acceptors (Lipinski definition) is 4. The molecule has 0 unspecified atom stereocenters. The molecule has 0 aliphatic carbocycles. The lowest BCUT2D eigenvalue weighted by Gasteiger charge is -2.14. The highest BCUT2D eigenvalue weighted by Crippen LogP contribution is 2.31.